The normalized spacial score (nSPS) is 13.7. The molecule has 0 amide bonds. The molecule has 162 valence electrons. The number of halogens is 1. The van der Waals surface area contributed by atoms with Crippen molar-refractivity contribution in [3.8, 4) is 0 Å². The average molecular weight is 490 g/mol. The predicted octanol–water partition coefficient (Wildman–Crippen LogP) is 4.89. The van der Waals surface area contributed by atoms with Gasteiger partial charge in [-0.1, -0.05) is 12.1 Å². The number of hydrogen-bond donors (Lipinski definition) is 4. The molecule has 0 bridgehead atoms. The van der Waals surface area contributed by atoms with Crippen LogP contribution in [-0.2, 0) is 6.42 Å². The summed E-state index contributed by atoms with van der Waals surface area (Å²) < 4.78 is 0.809. The van der Waals surface area contributed by atoms with Crippen LogP contribution in [0.1, 0.15) is 17.7 Å². The second kappa shape index (κ2) is 9.50. The molecule has 1 aliphatic heterocycles. The number of nitrogens with one attached hydrogen (secondary N) is 4. The van der Waals surface area contributed by atoms with E-state index in [1.165, 1.54) is 16.5 Å². The summed E-state index contributed by atoms with van der Waals surface area (Å²) in [5.74, 6) is 1.30. The molecule has 1 aromatic carbocycles. The van der Waals surface area contributed by atoms with Crippen molar-refractivity contribution >= 4 is 49.9 Å². The first-order valence-electron chi connectivity index (χ1n) is 10.7. The number of pyridine rings is 1. The molecule has 0 spiro atoms. The van der Waals surface area contributed by atoms with E-state index in [1.54, 1.807) is 6.20 Å². The highest BCUT2D eigenvalue weighted by molar-refractivity contribution is 9.10. The topological polar surface area (TPSA) is 90.6 Å². The van der Waals surface area contributed by atoms with Crippen molar-refractivity contribution in [2.75, 3.05) is 30.3 Å². The number of anilines is 3. The molecule has 4 aromatic rings. The SMILES string of the molecule is Brc1cnc(NCCc2ccccn2)nc1Nc1ccc2[nH]cc(C3=CCNCC3)c2c1. The lowest BCUT2D eigenvalue weighted by Gasteiger charge is -2.14. The van der Waals surface area contributed by atoms with E-state index in [9.17, 15) is 0 Å². The fourth-order valence-electron chi connectivity index (χ4n) is 3.86. The van der Waals surface area contributed by atoms with Crippen LogP contribution >= 0.6 is 15.9 Å². The number of benzene rings is 1. The summed E-state index contributed by atoms with van der Waals surface area (Å²) in [5, 5.41) is 11.3. The number of fused-ring (bicyclic) bond motifs is 1. The molecule has 4 N–H and O–H groups in total. The molecule has 0 saturated heterocycles. The molecule has 0 saturated carbocycles. The van der Waals surface area contributed by atoms with E-state index in [-0.39, 0.29) is 0 Å². The van der Waals surface area contributed by atoms with Gasteiger partial charge in [0.25, 0.3) is 0 Å². The van der Waals surface area contributed by atoms with Crippen molar-refractivity contribution in [3.63, 3.8) is 0 Å². The van der Waals surface area contributed by atoms with Crippen molar-refractivity contribution in [2.45, 2.75) is 12.8 Å². The minimum Gasteiger partial charge on any atom is -0.361 e. The van der Waals surface area contributed by atoms with E-state index in [0.29, 0.717) is 12.5 Å². The molecular formula is C24H24BrN7. The van der Waals surface area contributed by atoms with Crippen LogP contribution in [0.3, 0.4) is 0 Å². The molecule has 0 aliphatic carbocycles. The summed E-state index contributed by atoms with van der Waals surface area (Å²) >= 11 is 3.56. The first kappa shape index (κ1) is 20.7. The molecular weight excluding hydrogens is 466 g/mol. The van der Waals surface area contributed by atoms with Gasteiger partial charge in [0.15, 0.2) is 0 Å². The monoisotopic (exact) mass is 489 g/mol. The van der Waals surface area contributed by atoms with Crippen LogP contribution in [0, 0.1) is 0 Å². The molecule has 8 heteroatoms. The highest BCUT2D eigenvalue weighted by Gasteiger charge is 2.12. The summed E-state index contributed by atoms with van der Waals surface area (Å²) in [6, 6.07) is 12.3. The third-order valence-electron chi connectivity index (χ3n) is 5.49. The number of aromatic amines is 1. The van der Waals surface area contributed by atoms with Gasteiger partial charge in [-0.3, -0.25) is 4.98 Å². The molecule has 3 aromatic heterocycles. The van der Waals surface area contributed by atoms with Crippen LogP contribution in [0.4, 0.5) is 17.5 Å². The second-order valence-electron chi connectivity index (χ2n) is 7.66. The van der Waals surface area contributed by atoms with Crippen molar-refractivity contribution in [2.24, 2.45) is 0 Å². The number of aromatic nitrogens is 4. The summed E-state index contributed by atoms with van der Waals surface area (Å²) in [7, 11) is 0. The Bertz CT molecular complexity index is 1250. The van der Waals surface area contributed by atoms with E-state index in [0.717, 1.165) is 53.1 Å². The quantitative estimate of drug-likeness (QED) is 0.295. The summed E-state index contributed by atoms with van der Waals surface area (Å²) in [6.45, 7) is 2.64. The Balaban J connectivity index is 1.33. The van der Waals surface area contributed by atoms with Gasteiger partial charge in [0, 0.05) is 65.9 Å². The lowest BCUT2D eigenvalue weighted by molar-refractivity contribution is 0.739. The molecule has 32 heavy (non-hydrogen) atoms. The molecule has 1 aliphatic rings. The van der Waals surface area contributed by atoms with Crippen molar-refractivity contribution in [1.82, 2.24) is 25.3 Å². The largest absolute Gasteiger partial charge is 0.361 e. The zero-order valence-electron chi connectivity index (χ0n) is 17.5. The van der Waals surface area contributed by atoms with Gasteiger partial charge in [0.1, 0.15) is 5.82 Å². The molecule has 7 nitrogen and oxygen atoms in total. The van der Waals surface area contributed by atoms with E-state index in [1.807, 2.05) is 24.4 Å². The molecule has 5 rings (SSSR count). The average Bonchev–Trinajstić information content (AvgIpc) is 3.26. The third-order valence-corrected chi connectivity index (χ3v) is 6.07. The van der Waals surface area contributed by atoms with Crippen molar-refractivity contribution in [3.05, 3.63) is 76.8 Å². The van der Waals surface area contributed by atoms with Gasteiger partial charge in [-0.2, -0.15) is 4.98 Å². The Morgan fingerprint density at radius 3 is 2.94 bits per heavy atom. The van der Waals surface area contributed by atoms with Crippen LogP contribution < -0.4 is 16.0 Å². The molecule has 0 unspecified atom stereocenters. The minimum atomic E-state index is 0.579. The summed E-state index contributed by atoms with van der Waals surface area (Å²) in [6.07, 6.45) is 9.79. The van der Waals surface area contributed by atoms with Crippen LogP contribution in [-0.4, -0.2) is 39.6 Å². The van der Waals surface area contributed by atoms with E-state index < -0.39 is 0 Å². The smallest absolute Gasteiger partial charge is 0.224 e. The van der Waals surface area contributed by atoms with Crippen LogP contribution in [0.5, 0.6) is 0 Å². The lowest BCUT2D eigenvalue weighted by atomic mass is 9.99. The molecule has 0 radical (unpaired) electrons. The minimum absolute atomic E-state index is 0.579. The predicted molar refractivity (Wildman–Crippen MR) is 133 cm³/mol. The fraction of sp³-hybridized carbons (Fsp3) is 0.208. The van der Waals surface area contributed by atoms with Gasteiger partial charge in [-0.05, 0) is 64.8 Å². The van der Waals surface area contributed by atoms with Crippen molar-refractivity contribution < 1.29 is 0 Å². The Morgan fingerprint density at radius 2 is 2.09 bits per heavy atom. The lowest BCUT2D eigenvalue weighted by Crippen LogP contribution is -2.19. The maximum absolute atomic E-state index is 4.65. The highest BCUT2D eigenvalue weighted by atomic mass is 79.9. The van der Waals surface area contributed by atoms with Crippen LogP contribution in [0.2, 0.25) is 0 Å². The van der Waals surface area contributed by atoms with Gasteiger partial charge in [-0.25, -0.2) is 4.98 Å². The van der Waals surface area contributed by atoms with Gasteiger partial charge in [0.2, 0.25) is 5.95 Å². The van der Waals surface area contributed by atoms with E-state index in [4.69, 9.17) is 0 Å². The standard InChI is InChI=1S/C24H24BrN7/c25-21-15-30-24(28-12-8-17-3-1-2-9-27-17)32-23(21)31-18-4-5-22-19(13-18)20(14-29-22)16-6-10-26-11-7-16/h1-6,9,13-15,26,29H,7-8,10-12H2,(H2,28,30,31,32). The van der Waals surface area contributed by atoms with Gasteiger partial charge >= 0.3 is 0 Å². The Labute approximate surface area is 194 Å². The number of hydrogen-bond acceptors (Lipinski definition) is 6. The highest BCUT2D eigenvalue weighted by Crippen LogP contribution is 2.31. The molecule has 0 atom stereocenters. The first-order valence-corrected chi connectivity index (χ1v) is 11.5. The maximum Gasteiger partial charge on any atom is 0.224 e. The maximum atomic E-state index is 4.65. The number of H-pyrrole nitrogens is 1. The van der Waals surface area contributed by atoms with Crippen LogP contribution in [0.25, 0.3) is 16.5 Å². The van der Waals surface area contributed by atoms with Crippen molar-refractivity contribution in [1.29, 1.82) is 0 Å². The first-order chi connectivity index (χ1) is 15.8. The van der Waals surface area contributed by atoms with Crippen LogP contribution in [0.15, 0.2) is 65.5 Å². The molecule has 4 heterocycles. The number of nitrogens with zero attached hydrogens (tertiary/aromatic N) is 3. The Morgan fingerprint density at radius 1 is 1.12 bits per heavy atom. The fourth-order valence-corrected chi connectivity index (χ4v) is 4.15. The summed E-state index contributed by atoms with van der Waals surface area (Å²) in [4.78, 5) is 16.8. The Kier molecular flexibility index (Phi) is 6.13. The van der Waals surface area contributed by atoms with E-state index >= 15 is 0 Å². The second-order valence-corrected chi connectivity index (χ2v) is 8.51. The molecule has 0 fully saturated rings. The summed E-state index contributed by atoms with van der Waals surface area (Å²) in [5.41, 5.74) is 5.80. The zero-order chi connectivity index (χ0) is 21.8. The zero-order valence-corrected chi connectivity index (χ0v) is 19.1. The van der Waals surface area contributed by atoms with Gasteiger partial charge < -0.3 is 20.9 Å². The van der Waals surface area contributed by atoms with E-state index in [2.05, 4.69) is 82.3 Å². The van der Waals surface area contributed by atoms with Gasteiger partial charge in [-0.15, -0.1) is 0 Å². The third kappa shape index (κ3) is 4.66. The Hall–Kier alpha value is -3.23. The van der Waals surface area contributed by atoms with Gasteiger partial charge in [0.05, 0.1) is 4.47 Å². The number of rotatable bonds is 7.